The Hall–Kier alpha value is -1.53. The standard InChI is InChI=1S/C14H15ClN2O/c15-12-6-4-10(5-7-12)8-14(18)17-13-3-1-2-11(13)9-16/h4-7,11,13H,1-3,8H2,(H,17,18). The molecule has 0 heterocycles. The van der Waals surface area contributed by atoms with Crippen LogP contribution in [0.3, 0.4) is 0 Å². The number of nitriles is 1. The second-order valence-electron chi connectivity index (χ2n) is 4.64. The number of halogens is 1. The molecule has 0 spiro atoms. The van der Waals surface area contributed by atoms with Crippen LogP contribution in [0, 0.1) is 17.2 Å². The van der Waals surface area contributed by atoms with Crippen LogP contribution >= 0.6 is 11.6 Å². The van der Waals surface area contributed by atoms with Gasteiger partial charge in [-0.3, -0.25) is 4.79 Å². The maximum Gasteiger partial charge on any atom is 0.224 e. The predicted octanol–water partition coefficient (Wildman–Crippen LogP) is 2.69. The highest BCUT2D eigenvalue weighted by molar-refractivity contribution is 6.30. The first kappa shape index (κ1) is 12.9. The molecule has 1 aliphatic carbocycles. The van der Waals surface area contributed by atoms with Gasteiger partial charge in [0.15, 0.2) is 0 Å². The zero-order chi connectivity index (χ0) is 13.0. The Morgan fingerprint density at radius 3 is 2.78 bits per heavy atom. The van der Waals surface area contributed by atoms with E-state index in [-0.39, 0.29) is 17.9 Å². The van der Waals surface area contributed by atoms with Crippen molar-refractivity contribution in [3.63, 3.8) is 0 Å². The topological polar surface area (TPSA) is 52.9 Å². The fourth-order valence-corrected chi connectivity index (χ4v) is 2.46. The number of carbonyl (C=O) groups excluding carboxylic acids is 1. The third-order valence-electron chi connectivity index (χ3n) is 3.31. The minimum atomic E-state index is -0.0285. The molecule has 2 unspecified atom stereocenters. The smallest absolute Gasteiger partial charge is 0.224 e. The van der Waals surface area contributed by atoms with Crippen LogP contribution in [0.5, 0.6) is 0 Å². The van der Waals surface area contributed by atoms with Gasteiger partial charge in [0.05, 0.1) is 18.4 Å². The molecule has 1 aromatic carbocycles. The fraction of sp³-hybridized carbons (Fsp3) is 0.429. The molecule has 0 aromatic heterocycles. The van der Waals surface area contributed by atoms with Crippen molar-refractivity contribution in [3.05, 3.63) is 34.9 Å². The summed E-state index contributed by atoms with van der Waals surface area (Å²) in [5.74, 6) is -0.0522. The minimum Gasteiger partial charge on any atom is -0.352 e. The Bertz CT molecular complexity index is 464. The van der Waals surface area contributed by atoms with Crippen LogP contribution in [-0.2, 0) is 11.2 Å². The molecule has 0 bridgehead atoms. The van der Waals surface area contributed by atoms with E-state index in [0.29, 0.717) is 11.4 Å². The van der Waals surface area contributed by atoms with E-state index in [1.807, 2.05) is 12.1 Å². The monoisotopic (exact) mass is 262 g/mol. The second-order valence-corrected chi connectivity index (χ2v) is 5.08. The van der Waals surface area contributed by atoms with Crippen molar-refractivity contribution in [1.82, 2.24) is 5.32 Å². The first-order valence-corrected chi connectivity index (χ1v) is 6.50. The summed E-state index contributed by atoms with van der Waals surface area (Å²) in [4.78, 5) is 11.9. The summed E-state index contributed by atoms with van der Waals surface area (Å²) in [5.41, 5.74) is 0.934. The molecule has 2 atom stereocenters. The van der Waals surface area contributed by atoms with Crippen molar-refractivity contribution >= 4 is 17.5 Å². The van der Waals surface area contributed by atoms with E-state index >= 15 is 0 Å². The van der Waals surface area contributed by atoms with Crippen molar-refractivity contribution in [3.8, 4) is 6.07 Å². The van der Waals surface area contributed by atoms with Gasteiger partial charge in [0.25, 0.3) is 0 Å². The molecular formula is C14H15ClN2O. The molecule has 4 heteroatoms. The van der Waals surface area contributed by atoms with Crippen LogP contribution in [0.25, 0.3) is 0 Å². The Morgan fingerprint density at radius 1 is 1.39 bits per heavy atom. The number of rotatable bonds is 3. The summed E-state index contributed by atoms with van der Waals surface area (Å²) in [6, 6.07) is 9.52. The molecule has 1 N–H and O–H groups in total. The third kappa shape index (κ3) is 3.24. The highest BCUT2D eigenvalue weighted by Gasteiger charge is 2.28. The van der Waals surface area contributed by atoms with Crippen LogP contribution in [0.15, 0.2) is 24.3 Å². The van der Waals surface area contributed by atoms with Crippen LogP contribution < -0.4 is 5.32 Å². The number of carbonyl (C=O) groups is 1. The van der Waals surface area contributed by atoms with Crippen LogP contribution in [0.2, 0.25) is 5.02 Å². The SMILES string of the molecule is N#CC1CCCC1NC(=O)Cc1ccc(Cl)cc1. The lowest BCUT2D eigenvalue weighted by Crippen LogP contribution is -2.37. The van der Waals surface area contributed by atoms with Gasteiger partial charge < -0.3 is 5.32 Å². The summed E-state index contributed by atoms with van der Waals surface area (Å²) in [5, 5.41) is 12.6. The maximum atomic E-state index is 11.9. The maximum absolute atomic E-state index is 11.9. The largest absolute Gasteiger partial charge is 0.352 e. The average Bonchev–Trinajstić information content (AvgIpc) is 2.79. The molecular weight excluding hydrogens is 248 g/mol. The summed E-state index contributed by atoms with van der Waals surface area (Å²) < 4.78 is 0. The van der Waals surface area contributed by atoms with Crippen LogP contribution in [0.1, 0.15) is 24.8 Å². The first-order chi connectivity index (χ1) is 8.69. The molecule has 0 aliphatic heterocycles. The van der Waals surface area contributed by atoms with Crippen molar-refractivity contribution in [2.75, 3.05) is 0 Å². The molecule has 0 radical (unpaired) electrons. The van der Waals surface area contributed by atoms with Crippen molar-refractivity contribution in [1.29, 1.82) is 5.26 Å². The average molecular weight is 263 g/mol. The molecule has 1 fully saturated rings. The van der Waals surface area contributed by atoms with Gasteiger partial charge in [0.2, 0.25) is 5.91 Å². The van der Waals surface area contributed by atoms with Crippen LogP contribution in [0.4, 0.5) is 0 Å². The van der Waals surface area contributed by atoms with E-state index < -0.39 is 0 Å². The zero-order valence-corrected chi connectivity index (χ0v) is 10.8. The minimum absolute atomic E-state index is 0.0230. The van der Waals surface area contributed by atoms with Gasteiger partial charge in [-0.25, -0.2) is 0 Å². The quantitative estimate of drug-likeness (QED) is 0.911. The predicted molar refractivity (Wildman–Crippen MR) is 70.0 cm³/mol. The number of nitrogens with zero attached hydrogens (tertiary/aromatic N) is 1. The Labute approximate surface area is 112 Å². The van der Waals surface area contributed by atoms with Gasteiger partial charge in [-0.15, -0.1) is 0 Å². The summed E-state index contributed by atoms with van der Waals surface area (Å²) in [7, 11) is 0. The van der Waals surface area contributed by atoms with Crippen molar-refractivity contribution in [2.24, 2.45) is 5.92 Å². The highest BCUT2D eigenvalue weighted by atomic mass is 35.5. The normalized spacial score (nSPS) is 22.4. The molecule has 2 rings (SSSR count). The van der Waals surface area contributed by atoms with Gasteiger partial charge in [-0.1, -0.05) is 23.7 Å². The molecule has 0 saturated heterocycles. The lowest BCUT2D eigenvalue weighted by molar-refractivity contribution is -0.121. The Morgan fingerprint density at radius 2 is 2.11 bits per heavy atom. The highest BCUT2D eigenvalue weighted by Crippen LogP contribution is 2.24. The summed E-state index contributed by atoms with van der Waals surface area (Å²) in [6.07, 6.45) is 3.16. The van der Waals surface area contributed by atoms with E-state index in [0.717, 1.165) is 24.8 Å². The summed E-state index contributed by atoms with van der Waals surface area (Å²) >= 11 is 5.79. The van der Waals surface area contributed by atoms with Crippen molar-refractivity contribution in [2.45, 2.75) is 31.7 Å². The molecule has 1 aliphatic rings. The van der Waals surface area contributed by atoms with Gasteiger partial charge in [0, 0.05) is 11.1 Å². The molecule has 1 saturated carbocycles. The van der Waals surface area contributed by atoms with Gasteiger partial charge in [-0.05, 0) is 37.0 Å². The van der Waals surface area contributed by atoms with E-state index in [1.54, 1.807) is 12.1 Å². The van der Waals surface area contributed by atoms with Gasteiger partial charge in [-0.2, -0.15) is 5.26 Å². The number of nitrogens with one attached hydrogen (secondary N) is 1. The van der Waals surface area contributed by atoms with Gasteiger partial charge >= 0.3 is 0 Å². The lowest BCUT2D eigenvalue weighted by atomic mass is 10.1. The molecule has 3 nitrogen and oxygen atoms in total. The van der Waals surface area contributed by atoms with Crippen molar-refractivity contribution < 1.29 is 4.79 Å². The number of hydrogen-bond acceptors (Lipinski definition) is 2. The van der Waals surface area contributed by atoms with Crippen LogP contribution in [-0.4, -0.2) is 11.9 Å². The lowest BCUT2D eigenvalue weighted by Gasteiger charge is -2.15. The van der Waals surface area contributed by atoms with E-state index in [1.165, 1.54) is 0 Å². The van der Waals surface area contributed by atoms with E-state index in [4.69, 9.17) is 16.9 Å². The summed E-state index contributed by atoms with van der Waals surface area (Å²) in [6.45, 7) is 0. The molecule has 1 amide bonds. The second kappa shape index (κ2) is 5.88. The number of amides is 1. The Kier molecular flexibility index (Phi) is 4.22. The Balaban J connectivity index is 1.89. The molecule has 18 heavy (non-hydrogen) atoms. The molecule has 94 valence electrons. The molecule has 1 aromatic rings. The fourth-order valence-electron chi connectivity index (χ4n) is 2.33. The third-order valence-corrected chi connectivity index (χ3v) is 3.56. The zero-order valence-electron chi connectivity index (χ0n) is 10.0. The van der Waals surface area contributed by atoms with Gasteiger partial charge in [0.1, 0.15) is 0 Å². The first-order valence-electron chi connectivity index (χ1n) is 6.12. The number of hydrogen-bond donors (Lipinski definition) is 1. The number of benzene rings is 1. The van der Waals surface area contributed by atoms with E-state index in [9.17, 15) is 4.79 Å². The van der Waals surface area contributed by atoms with E-state index in [2.05, 4.69) is 11.4 Å².